The number of hydrogen-bond acceptors (Lipinski definition) is 4. The van der Waals surface area contributed by atoms with Crippen LogP contribution in [0.3, 0.4) is 0 Å². The zero-order valence-electron chi connectivity index (χ0n) is 13.0. The highest BCUT2D eigenvalue weighted by molar-refractivity contribution is 7.93. The maximum absolute atomic E-state index is 12.9. The van der Waals surface area contributed by atoms with Crippen molar-refractivity contribution in [1.82, 2.24) is 9.88 Å². The van der Waals surface area contributed by atoms with Crippen LogP contribution >= 0.6 is 0 Å². The first-order chi connectivity index (χ1) is 11.6. The first kappa shape index (κ1) is 15.1. The maximum atomic E-state index is 12.9. The molecule has 2 aliphatic heterocycles. The Hall–Kier alpha value is -2.41. The second-order valence-electron chi connectivity index (χ2n) is 6.06. The third kappa shape index (κ3) is 2.36. The quantitative estimate of drug-likeness (QED) is 0.842. The van der Waals surface area contributed by atoms with Gasteiger partial charge in [0.25, 0.3) is 5.91 Å². The van der Waals surface area contributed by atoms with E-state index < -0.39 is 15.3 Å². The first-order valence-corrected chi connectivity index (χ1v) is 9.36. The lowest BCUT2D eigenvalue weighted by Gasteiger charge is -2.40. The van der Waals surface area contributed by atoms with Crippen molar-refractivity contribution in [2.45, 2.75) is 11.7 Å². The number of anilines is 1. The predicted octanol–water partition coefficient (Wildman–Crippen LogP) is 1.30. The van der Waals surface area contributed by atoms with Gasteiger partial charge < -0.3 is 4.90 Å². The molecular weight excluding hydrogens is 326 g/mol. The summed E-state index contributed by atoms with van der Waals surface area (Å²) in [7, 11) is -3.44. The Morgan fingerprint density at radius 1 is 1.08 bits per heavy atom. The number of para-hydroxylation sites is 1. The molecule has 7 heteroatoms. The van der Waals surface area contributed by atoms with Crippen molar-refractivity contribution >= 4 is 21.6 Å². The summed E-state index contributed by atoms with van der Waals surface area (Å²) in [6, 6.07) is 10.9. The summed E-state index contributed by atoms with van der Waals surface area (Å²) < 4.78 is 27.2. The van der Waals surface area contributed by atoms with Crippen molar-refractivity contribution in [2.24, 2.45) is 0 Å². The molecule has 1 fully saturated rings. The topological polar surface area (TPSA) is 70.6 Å². The number of benzene rings is 1. The van der Waals surface area contributed by atoms with Crippen LogP contribution in [0.2, 0.25) is 0 Å². The van der Waals surface area contributed by atoms with Crippen molar-refractivity contribution in [1.29, 1.82) is 0 Å². The molecule has 0 bridgehead atoms. The summed E-state index contributed by atoms with van der Waals surface area (Å²) >= 11 is 0. The van der Waals surface area contributed by atoms with E-state index in [0.29, 0.717) is 12.1 Å². The number of fused-ring (bicyclic) bond motifs is 1. The van der Waals surface area contributed by atoms with Gasteiger partial charge in [0.15, 0.2) is 0 Å². The summed E-state index contributed by atoms with van der Waals surface area (Å²) in [5.74, 6) is -0.148. The molecule has 1 aromatic carbocycles. The maximum Gasteiger partial charge on any atom is 0.254 e. The van der Waals surface area contributed by atoms with E-state index in [2.05, 4.69) is 4.98 Å². The van der Waals surface area contributed by atoms with Crippen molar-refractivity contribution in [3.05, 3.63) is 59.9 Å². The molecule has 0 aliphatic carbocycles. The molecule has 0 unspecified atom stereocenters. The van der Waals surface area contributed by atoms with Gasteiger partial charge in [-0.3, -0.25) is 14.1 Å². The number of sulfonamides is 1. The molecule has 1 amide bonds. The van der Waals surface area contributed by atoms with E-state index in [1.807, 2.05) is 24.3 Å². The Labute approximate surface area is 140 Å². The summed E-state index contributed by atoms with van der Waals surface area (Å²) in [6.45, 7) is 0.959. The third-order valence-corrected chi connectivity index (χ3v) is 6.77. The van der Waals surface area contributed by atoms with E-state index in [1.165, 1.54) is 4.31 Å². The van der Waals surface area contributed by atoms with E-state index in [1.54, 1.807) is 29.4 Å². The van der Waals surface area contributed by atoms with Crippen LogP contribution in [0.5, 0.6) is 0 Å². The van der Waals surface area contributed by atoms with Crippen LogP contribution in [-0.2, 0) is 16.4 Å². The Kier molecular flexibility index (Phi) is 3.53. The van der Waals surface area contributed by atoms with Crippen LogP contribution < -0.4 is 4.31 Å². The van der Waals surface area contributed by atoms with E-state index in [0.717, 1.165) is 17.7 Å². The first-order valence-electron chi connectivity index (χ1n) is 7.86. The number of likely N-dealkylation sites (tertiary alicyclic amines) is 1. The fourth-order valence-corrected chi connectivity index (χ4v) is 5.12. The fourth-order valence-electron chi connectivity index (χ4n) is 3.22. The van der Waals surface area contributed by atoms with Crippen LogP contribution in [-0.4, -0.2) is 49.1 Å². The normalized spacial score (nSPS) is 17.5. The Morgan fingerprint density at radius 2 is 1.79 bits per heavy atom. The Morgan fingerprint density at radius 3 is 2.54 bits per heavy atom. The Bertz CT molecular complexity index is 877. The van der Waals surface area contributed by atoms with Gasteiger partial charge in [-0.25, -0.2) is 8.42 Å². The number of aromatic nitrogens is 1. The van der Waals surface area contributed by atoms with Crippen molar-refractivity contribution in [3.63, 3.8) is 0 Å². The molecule has 0 atom stereocenters. The van der Waals surface area contributed by atoms with Crippen LogP contribution in [0.1, 0.15) is 15.9 Å². The lowest BCUT2D eigenvalue weighted by molar-refractivity contribution is 0.0658. The van der Waals surface area contributed by atoms with Gasteiger partial charge in [-0.1, -0.05) is 18.2 Å². The van der Waals surface area contributed by atoms with Gasteiger partial charge in [-0.2, -0.15) is 0 Å². The largest absolute Gasteiger partial charge is 0.336 e. The van der Waals surface area contributed by atoms with E-state index in [4.69, 9.17) is 0 Å². The standard InChI is InChI=1S/C17H17N3O3S/c21-17(14-5-8-18-9-6-14)19-11-15(12-19)24(22,23)20-10-7-13-3-1-2-4-16(13)20/h1-6,8-9,15H,7,10-12H2. The molecule has 0 radical (unpaired) electrons. The second-order valence-corrected chi connectivity index (χ2v) is 8.20. The van der Waals surface area contributed by atoms with Gasteiger partial charge in [0, 0.05) is 37.6 Å². The van der Waals surface area contributed by atoms with Crippen LogP contribution in [0.25, 0.3) is 0 Å². The second kappa shape index (κ2) is 5.59. The minimum atomic E-state index is -3.44. The predicted molar refractivity (Wildman–Crippen MR) is 90.3 cm³/mol. The van der Waals surface area contributed by atoms with Crippen molar-refractivity contribution in [3.8, 4) is 0 Å². The fraction of sp³-hybridized carbons (Fsp3) is 0.294. The molecule has 24 heavy (non-hydrogen) atoms. The molecule has 0 saturated carbocycles. The molecule has 124 valence electrons. The summed E-state index contributed by atoms with van der Waals surface area (Å²) in [5, 5.41) is -0.533. The number of carbonyl (C=O) groups excluding carboxylic acids is 1. The summed E-state index contributed by atoms with van der Waals surface area (Å²) in [6.07, 6.45) is 3.85. The van der Waals surface area contributed by atoms with Gasteiger partial charge in [0.05, 0.1) is 5.69 Å². The van der Waals surface area contributed by atoms with Crippen LogP contribution in [0, 0.1) is 0 Å². The van der Waals surface area contributed by atoms with Crippen LogP contribution in [0.4, 0.5) is 5.69 Å². The van der Waals surface area contributed by atoms with Crippen LogP contribution in [0.15, 0.2) is 48.8 Å². The van der Waals surface area contributed by atoms with Gasteiger partial charge in [-0.05, 0) is 30.2 Å². The molecule has 2 aliphatic rings. The minimum absolute atomic E-state index is 0.148. The van der Waals surface area contributed by atoms with E-state index >= 15 is 0 Å². The molecule has 0 spiro atoms. The number of amides is 1. The zero-order valence-corrected chi connectivity index (χ0v) is 13.8. The highest BCUT2D eigenvalue weighted by atomic mass is 32.2. The highest BCUT2D eigenvalue weighted by Gasteiger charge is 2.44. The molecule has 1 saturated heterocycles. The number of pyridine rings is 1. The molecule has 0 N–H and O–H groups in total. The SMILES string of the molecule is O=C(c1ccncc1)N1CC(S(=O)(=O)N2CCc3ccccc32)C1. The van der Waals surface area contributed by atoms with E-state index in [-0.39, 0.29) is 19.0 Å². The molecule has 4 rings (SSSR count). The van der Waals surface area contributed by atoms with E-state index in [9.17, 15) is 13.2 Å². The monoisotopic (exact) mass is 343 g/mol. The summed E-state index contributed by atoms with van der Waals surface area (Å²) in [4.78, 5) is 17.8. The average Bonchev–Trinajstić information content (AvgIpc) is 2.99. The molecule has 1 aromatic heterocycles. The summed E-state index contributed by atoms with van der Waals surface area (Å²) in [5.41, 5.74) is 2.37. The number of carbonyl (C=O) groups is 1. The molecule has 6 nitrogen and oxygen atoms in total. The zero-order chi connectivity index (χ0) is 16.7. The highest BCUT2D eigenvalue weighted by Crippen LogP contribution is 2.33. The molecule has 2 aromatic rings. The van der Waals surface area contributed by atoms with Crippen molar-refractivity contribution in [2.75, 3.05) is 23.9 Å². The smallest absolute Gasteiger partial charge is 0.254 e. The molecular formula is C17H17N3O3S. The lowest BCUT2D eigenvalue weighted by atomic mass is 10.1. The van der Waals surface area contributed by atoms with Crippen molar-refractivity contribution < 1.29 is 13.2 Å². The average molecular weight is 343 g/mol. The van der Waals surface area contributed by atoms with Gasteiger partial charge in [0.2, 0.25) is 10.0 Å². The van der Waals surface area contributed by atoms with Gasteiger partial charge in [-0.15, -0.1) is 0 Å². The van der Waals surface area contributed by atoms with Gasteiger partial charge in [0.1, 0.15) is 5.25 Å². The minimum Gasteiger partial charge on any atom is -0.336 e. The van der Waals surface area contributed by atoms with Gasteiger partial charge >= 0.3 is 0 Å². The number of hydrogen-bond donors (Lipinski definition) is 0. The number of nitrogens with zero attached hydrogens (tertiary/aromatic N) is 3. The Balaban J connectivity index is 1.48. The molecule has 3 heterocycles. The third-order valence-electron chi connectivity index (χ3n) is 4.64. The number of rotatable bonds is 3. The lowest BCUT2D eigenvalue weighted by Crippen LogP contribution is -2.59.